The van der Waals surface area contributed by atoms with Crippen molar-refractivity contribution in [1.29, 1.82) is 0 Å². The minimum Gasteiger partial charge on any atom is -0.493 e. The van der Waals surface area contributed by atoms with Crippen LogP contribution in [0.3, 0.4) is 0 Å². The molecule has 0 N–H and O–H groups in total. The second-order valence-corrected chi connectivity index (χ2v) is 9.32. The van der Waals surface area contributed by atoms with Crippen molar-refractivity contribution in [2.24, 2.45) is 0 Å². The van der Waals surface area contributed by atoms with Gasteiger partial charge in [0.15, 0.2) is 0 Å². The summed E-state index contributed by atoms with van der Waals surface area (Å²) < 4.78 is 34.4. The number of amides is 2. The SMILES string of the molecule is CN1CCN(c2cnn(C3CN(S(=O)(=O)c4ccc5c(c4)CCO5)C3)c2)C1=O. The van der Waals surface area contributed by atoms with Crippen LogP contribution in [-0.4, -0.2) is 73.3 Å². The molecular formula is C18H21N5O4S. The Morgan fingerprint density at radius 2 is 2.04 bits per heavy atom. The van der Waals surface area contributed by atoms with Crippen LogP contribution in [0.1, 0.15) is 11.6 Å². The number of carbonyl (C=O) groups excluding carboxylic acids is 1. The number of nitrogens with zero attached hydrogens (tertiary/aromatic N) is 5. The number of urea groups is 1. The minimum atomic E-state index is -3.52. The fraction of sp³-hybridized carbons (Fsp3) is 0.444. The number of carbonyl (C=O) groups is 1. The summed E-state index contributed by atoms with van der Waals surface area (Å²) in [7, 11) is -1.75. The first kappa shape index (κ1) is 17.5. The van der Waals surface area contributed by atoms with E-state index in [4.69, 9.17) is 4.74 Å². The van der Waals surface area contributed by atoms with Crippen molar-refractivity contribution in [3.8, 4) is 5.75 Å². The number of anilines is 1. The molecule has 1 aromatic heterocycles. The van der Waals surface area contributed by atoms with E-state index in [0.29, 0.717) is 37.7 Å². The normalized spacial score (nSPS) is 20.4. The summed E-state index contributed by atoms with van der Waals surface area (Å²) in [5, 5.41) is 4.34. The molecule has 0 spiro atoms. The van der Waals surface area contributed by atoms with Crippen molar-refractivity contribution in [1.82, 2.24) is 19.0 Å². The molecular weight excluding hydrogens is 382 g/mol. The summed E-state index contributed by atoms with van der Waals surface area (Å²) >= 11 is 0. The highest BCUT2D eigenvalue weighted by atomic mass is 32.2. The molecule has 0 aliphatic carbocycles. The summed E-state index contributed by atoms with van der Waals surface area (Å²) in [6, 6.07) is 4.98. The Kier molecular flexibility index (Phi) is 3.88. The molecule has 4 heterocycles. The lowest BCUT2D eigenvalue weighted by Crippen LogP contribution is -2.50. The van der Waals surface area contributed by atoms with Crippen LogP contribution in [0.5, 0.6) is 5.75 Å². The van der Waals surface area contributed by atoms with Gasteiger partial charge in [0.25, 0.3) is 0 Å². The molecule has 28 heavy (non-hydrogen) atoms. The van der Waals surface area contributed by atoms with Gasteiger partial charge in [-0.1, -0.05) is 0 Å². The summed E-state index contributed by atoms with van der Waals surface area (Å²) in [5.41, 5.74) is 1.68. The zero-order valence-electron chi connectivity index (χ0n) is 15.5. The summed E-state index contributed by atoms with van der Waals surface area (Å²) in [6.07, 6.45) is 4.22. The fourth-order valence-electron chi connectivity index (χ4n) is 3.81. The van der Waals surface area contributed by atoms with Gasteiger partial charge in [-0.25, -0.2) is 13.2 Å². The Bertz CT molecular complexity index is 1040. The lowest BCUT2D eigenvalue weighted by molar-refractivity contribution is 0.191. The van der Waals surface area contributed by atoms with Gasteiger partial charge >= 0.3 is 6.03 Å². The first-order chi connectivity index (χ1) is 13.4. The van der Waals surface area contributed by atoms with Crippen molar-refractivity contribution in [3.05, 3.63) is 36.2 Å². The predicted molar refractivity (Wildman–Crippen MR) is 101 cm³/mol. The highest BCUT2D eigenvalue weighted by Crippen LogP contribution is 2.33. The van der Waals surface area contributed by atoms with Crippen LogP contribution >= 0.6 is 0 Å². The van der Waals surface area contributed by atoms with E-state index in [1.54, 1.807) is 45.9 Å². The third kappa shape index (κ3) is 2.67. The average Bonchev–Trinajstić information content (AvgIpc) is 3.34. The van der Waals surface area contributed by atoms with Crippen LogP contribution in [0, 0.1) is 0 Å². The number of rotatable bonds is 4. The Labute approximate surface area is 163 Å². The topological polar surface area (TPSA) is 88.0 Å². The lowest BCUT2D eigenvalue weighted by atomic mass is 10.2. The molecule has 148 valence electrons. The van der Waals surface area contributed by atoms with Crippen LogP contribution in [-0.2, 0) is 16.4 Å². The maximum Gasteiger partial charge on any atom is 0.324 e. The van der Waals surface area contributed by atoms with E-state index in [1.807, 2.05) is 6.20 Å². The Hall–Kier alpha value is -2.59. The van der Waals surface area contributed by atoms with Crippen molar-refractivity contribution in [2.75, 3.05) is 44.7 Å². The summed E-state index contributed by atoms with van der Waals surface area (Å²) in [4.78, 5) is 15.8. The number of ether oxygens (including phenoxy) is 1. The highest BCUT2D eigenvalue weighted by molar-refractivity contribution is 7.89. The lowest BCUT2D eigenvalue weighted by Gasteiger charge is -2.38. The molecule has 2 saturated heterocycles. The maximum atomic E-state index is 12.9. The molecule has 10 heteroatoms. The van der Waals surface area contributed by atoms with Crippen molar-refractivity contribution >= 4 is 21.7 Å². The number of likely N-dealkylation sites (N-methyl/N-ethyl adjacent to an activating group) is 1. The van der Waals surface area contributed by atoms with Gasteiger partial charge in [-0.05, 0) is 23.8 Å². The van der Waals surface area contributed by atoms with Gasteiger partial charge in [-0.15, -0.1) is 0 Å². The monoisotopic (exact) mass is 403 g/mol. The van der Waals surface area contributed by atoms with E-state index in [0.717, 1.165) is 23.4 Å². The van der Waals surface area contributed by atoms with E-state index < -0.39 is 10.0 Å². The first-order valence-corrected chi connectivity index (χ1v) is 10.7. The largest absolute Gasteiger partial charge is 0.493 e. The molecule has 0 saturated carbocycles. The van der Waals surface area contributed by atoms with Crippen LogP contribution in [0.4, 0.5) is 10.5 Å². The third-order valence-corrected chi connectivity index (χ3v) is 7.45. The van der Waals surface area contributed by atoms with Crippen LogP contribution < -0.4 is 9.64 Å². The number of hydrogen-bond acceptors (Lipinski definition) is 5. The smallest absolute Gasteiger partial charge is 0.324 e. The molecule has 0 unspecified atom stereocenters. The molecule has 2 amide bonds. The predicted octanol–water partition coefficient (Wildman–Crippen LogP) is 0.935. The van der Waals surface area contributed by atoms with Gasteiger partial charge in [0, 0.05) is 45.8 Å². The van der Waals surface area contributed by atoms with Gasteiger partial charge in [-0.3, -0.25) is 9.58 Å². The molecule has 3 aliphatic heterocycles. The van der Waals surface area contributed by atoms with Gasteiger partial charge in [0.2, 0.25) is 10.0 Å². The van der Waals surface area contributed by atoms with E-state index in [1.165, 1.54) is 4.31 Å². The Morgan fingerprint density at radius 3 is 2.79 bits per heavy atom. The average molecular weight is 403 g/mol. The zero-order valence-corrected chi connectivity index (χ0v) is 16.3. The minimum absolute atomic E-state index is 0.0308. The molecule has 3 aliphatic rings. The van der Waals surface area contributed by atoms with Gasteiger partial charge < -0.3 is 9.64 Å². The molecule has 9 nitrogen and oxygen atoms in total. The number of fused-ring (bicyclic) bond motifs is 1. The molecule has 0 atom stereocenters. The fourth-order valence-corrected chi connectivity index (χ4v) is 5.37. The van der Waals surface area contributed by atoms with Gasteiger partial charge in [-0.2, -0.15) is 9.40 Å². The first-order valence-electron chi connectivity index (χ1n) is 9.26. The quantitative estimate of drug-likeness (QED) is 0.758. The zero-order chi connectivity index (χ0) is 19.5. The van der Waals surface area contributed by atoms with Gasteiger partial charge in [0.1, 0.15) is 5.75 Å². The number of sulfonamides is 1. The van der Waals surface area contributed by atoms with Crippen LogP contribution in [0.25, 0.3) is 0 Å². The second kappa shape index (κ2) is 6.21. The molecule has 2 aromatic rings. The Balaban J connectivity index is 1.28. The van der Waals surface area contributed by atoms with Crippen molar-refractivity contribution < 1.29 is 17.9 Å². The van der Waals surface area contributed by atoms with E-state index >= 15 is 0 Å². The summed E-state index contributed by atoms with van der Waals surface area (Å²) in [5.74, 6) is 0.770. The molecule has 1 aromatic carbocycles. The van der Waals surface area contributed by atoms with Crippen LogP contribution in [0.15, 0.2) is 35.5 Å². The highest BCUT2D eigenvalue weighted by Gasteiger charge is 2.39. The van der Waals surface area contributed by atoms with Crippen LogP contribution in [0.2, 0.25) is 0 Å². The Morgan fingerprint density at radius 1 is 1.21 bits per heavy atom. The number of hydrogen-bond donors (Lipinski definition) is 0. The summed E-state index contributed by atoms with van der Waals surface area (Å²) in [6.45, 7) is 2.65. The van der Waals surface area contributed by atoms with Crippen molar-refractivity contribution in [2.45, 2.75) is 17.4 Å². The van der Waals surface area contributed by atoms with Crippen molar-refractivity contribution in [3.63, 3.8) is 0 Å². The molecule has 2 fully saturated rings. The molecule has 0 radical (unpaired) electrons. The molecule has 5 rings (SSSR count). The second-order valence-electron chi connectivity index (χ2n) is 7.38. The van der Waals surface area contributed by atoms with E-state index in [-0.39, 0.29) is 12.1 Å². The number of benzene rings is 1. The van der Waals surface area contributed by atoms with E-state index in [9.17, 15) is 13.2 Å². The van der Waals surface area contributed by atoms with Gasteiger partial charge in [0.05, 0.1) is 29.4 Å². The third-order valence-electron chi connectivity index (χ3n) is 5.62. The number of aromatic nitrogens is 2. The molecule has 0 bridgehead atoms. The standard InChI is InChI=1S/C18H21N5O4S/c1-20-5-6-22(18(20)24)14-9-19-23(12-14)15-10-21(11-15)28(25,26)16-2-3-17-13(8-16)4-7-27-17/h2-3,8-9,12,15H,4-7,10-11H2,1H3. The van der Waals surface area contributed by atoms with E-state index in [2.05, 4.69) is 5.10 Å². The maximum absolute atomic E-state index is 12.9.